The number of hydrogen-bond donors (Lipinski definition) is 1. The van der Waals surface area contributed by atoms with E-state index in [-0.39, 0.29) is 6.04 Å². The average molecular weight is 254 g/mol. The third-order valence-corrected chi connectivity index (χ3v) is 3.23. The molecule has 0 radical (unpaired) electrons. The summed E-state index contributed by atoms with van der Waals surface area (Å²) < 4.78 is 0. The fourth-order valence-corrected chi connectivity index (χ4v) is 2.44. The molecule has 2 nitrogen and oxygen atoms in total. The molecule has 1 atom stereocenters. The van der Waals surface area contributed by atoms with Crippen molar-refractivity contribution in [3.8, 4) is 0 Å². The van der Waals surface area contributed by atoms with E-state index in [1.54, 1.807) is 0 Å². The summed E-state index contributed by atoms with van der Waals surface area (Å²) >= 11 is 0. The molecule has 0 bridgehead atoms. The predicted molar refractivity (Wildman–Crippen MR) is 80.1 cm³/mol. The van der Waals surface area contributed by atoms with Gasteiger partial charge in [0.1, 0.15) is 0 Å². The van der Waals surface area contributed by atoms with Crippen LogP contribution in [0.5, 0.6) is 0 Å². The van der Waals surface area contributed by atoms with Gasteiger partial charge in [0.2, 0.25) is 0 Å². The molecule has 19 heavy (non-hydrogen) atoms. The number of pyridine rings is 1. The van der Waals surface area contributed by atoms with E-state index in [9.17, 15) is 0 Å². The van der Waals surface area contributed by atoms with Crippen LogP contribution in [0.4, 0.5) is 0 Å². The normalized spacial score (nSPS) is 12.6. The Morgan fingerprint density at radius 3 is 2.53 bits per heavy atom. The number of aromatic nitrogens is 1. The number of benzene rings is 1. The highest BCUT2D eigenvalue weighted by atomic mass is 14.9. The minimum Gasteiger partial charge on any atom is -0.309 e. The highest BCUT2D eigenvalue weighted by molar-refractivity contribution is 5.33. The van der Waals surface area contributed by atoms with Crippen LogP contribution in [0.1, 0.15) is 36.6 Å². The van der Waals surface area contributed by atoms with Crippen molar-refractivity contribution in [3.05, 3.63) is 65.5 Å². The highest BCUT2D eigenvalue weighted by Crippen LogP contribution is 2.22. The Kier molecular flexibility index (Phi) is 4.69. The Morgan fingerprint density at radius 1 is 1.11 bits per heavy atom. The van der Waals surface area contributed by atoms with Crippen molar-refractivity contribution in [1.82, 2.24) is 10.3 Å². The Bertz CT molecular complexity index is 506. The maximum absolute atomic E-state index is 4.21. The Morgan fingerprint density at radius 2 is 1.89 bits per heavy atom. The summed E-state index contributed by atoms with van der Waals surface area (Å²) in [6.07, 6.45) is 4.86. The first kappa shape index (κ1) is 13.8. The molecule has 2 aromatic rings. The first-order valence-corrected chi connectivity index (χ1v) is 6.86. The fourth-order valence-electron chi connectivity index (χ4n) is 2.44. The SMILES string of the molecule is CNC(c1cccnc1)c1cccc(CC(C)C)c1. The monoisotopic (exact) mass is 254 g/mol. The third kappa shape index (κ3) is 3.65. The third-order valence-electron chi connectivity index (χ3n) is 3.23. The molecular weight excluding hydrogens is 232 g/mol. The van der Waals surface area contributed by atoms with Gasteiger partial charge in [-0.2, -0.15) is 0 Å². The molecule has 1 heterocycles. The molecule has 100 valence electrons. The summed E-state index contributed by atoms with van der Waals surface area (Å²) in [6, 6.07) is 13.1. The van der Waals surface area contributed by atoms with E-state index in [0.717, 1.165) is 6.42 Å². The summed E-state index contributed by atoms with van der Waals surface area (Å²) in [5, 5.41) is 3.38. The van der Waals surface area contributed by atoms with Gasteiger partial charge in [0, 0.05) is 12.4 Å². The lowest BCUT2D eigenvalue weighted by atomic mass is 9.95. The summed E-state index contributed by atoms with van der Waals surface area (Å²) in [6.45, 7) is 4.51. The van der Waals surface area contributed by atoms with E-state index in [0.29, 0.717) is 5.92 Å². The Balaban J connectivity index is 2.28. The first-order chi connectivity index (χ1) is 9.20. The first-order valence-electron chi connectivity index (χ1n) is 6.86. The molecular formula is C17H22N2. The molecule has 0 fully saturated rings. The summed E-state index contributed by atoms with van der Waals surface area (Å²) in [7, 11) is 1.99. The molecule has 0 spiro atoms. The lowest BCUT2D eigenvalue weighted by Crippen LogP contribution is -2.18. The number of nitrogens with zero attached hydrogens (tertiary/aromatic N) is 1. The molecule has 1 N–H and O–H groups in total. The van der Waals surface area contributed by atoms with E-state index in [2.05, 4.69) is 54.5 Å². The Labute approximate surface area is 115 Å². The van der Waals surface area contributed by atoms with Gasteiger partial charge in [-0.15, -0.1) is 0 Å². The maximum Gasteiger partial charge on any atom is 0.0589 e. The second kappa shape index (κ2) is 6.48. The topological polar surface area (TPSA) is 24.9 Å². The van der Waals surface area contributed by atoms with Gasteiger partial charge >= 0.3 is 0 Å². The molecule has 0 aliphatic heterocycles. The minimum atomic E-state index is 0.209. The fraction of sp³-hybridized carbons (Fsp3) is 0.353. The summed E-state index contributed by atoms with van der Waals surface area (Å²) in [5.74, 6) is 0.682. The van der Waals surface area contributed by atoms with Gasteiger partial charge in [-0.05, 0) is 42.1 Å². The summed E-state index contributed by atoms with van der Waals surface area (Å²) in [4.78, 5) is 4.21. The van der Waals surface area contributed by atoms with E-state index in [1.165, 1.54) is 16.7 Å². The van der Waals surface area contributed by atoms with Crippen molar-refractivity contribution < 1.29 is 0 Å². The lowest BCUT2D eigenvalue weighted by Gasteiger charge is -2.18. The zero-order valence-electron chi connectivity index (χ0n) is 11.9. The van der Waals surface area contributed by atoms with Gasteiger partial charge in [-0.1, -0.05) is 44.2 Å². The molecule has 2 heteroatoms. The van der Waals surface area contributed by atoms with Crippen molar-refractivity contribution in [2.75, 3.05) is 7.05 Å². The van der Waals surface area contributed by atoms with Crippen molar-refractivity contribution >= 4 is 0 Å². The quantitative estimate of drug-likeness (QED) is 0.882. The lowest BCUT2D eigenvalue weighted by molar-refractivity contribution is 0.643. The molecule has 1 unspecified atom stereocenters. The molecule has 0 saturated carbocycles. The standard InChI is InChI=1S/C17H22N2/c1-13(2)10-14-6-4-7-15(11-14)17(18-3)16-8-5-9-19-12-16/h4-9,11-13,17-18H,10H2,1-3H3. The summed E-state index contributed by atoms with van der Waals surface area (Å²) in [5.41, 5.74) is 3.90. The van der Waals surface area contributed by atoms with E-state index in [4.69, 9.17) is 0 Å². The van der Waals surface area contributed by atoms with Crippen LogP contribution in [0, 0.1) is 5.92 Å². The van der Waals surface area contributed by atoms with E-state index < -0.39 is 0 Å². The minimum absolute atomic E-state index is 0.209. The largest absolute Gasteiger partial charge is 0.309 e. The van der Waals surface area contributed by atoms with Crippen LogP contribution >= 0.6 is 0 Å². The van der Waals surface area contributed by atoms with Crippen LogP contribution in [0.25, 0.3) is 0 Å². The Hall–Kier alpha value is -1.67. The van der Waals surface area contributed by atoms with Crippen LogP contribution in [0.2, 0.25) is 0 Å². The number of nitrogens with one attached hydrogen (secondary N) is 1. The molecule has 0 saturated heterocycles. The van der Waals surface area contributed by atoms with Crippen molar-refractivity contribution in [2.24, 2.45) is 5.92 Å². The van der Waals surface area contributed by atoms with Crippen LogP contribution in [0.15, 0.2) is 48.8 Å². The molecule has 0 aliphatic rings. The smallest absolute Gasteiger partial charge is 0.0589 e. The molecule has 0 aliphatic carbocycles. The van der Waals surface area contributed by atoms with Crippen molar-refractivity contribution in [2.45, 2.75) is 26.3 Å². The molecule has 1 aromatic carbocycles. The van der Waals surface area contributed by atoms with Crippen LogP contribution in [0.3, 0.4) is 0 Å². The molecule has 1 aromatic heterocycles. The van der Waals surface area contributed by atoms with Crippen LogP contribution in [-0.4, -0.2) is 12.0 Å². The van der Waals surface area contributed by atoms with Gasteiger partial charge < -0.3 is 5.32 Å². The average Bonchev–Trinajstić information content (AvgIpc) is 2.40. The van der Waals surface area contributed by atoms with Crippen LogP contribution in [-0.2, 0) is 6.42 Å². The van der Waals surface area contributed by atoms with Gasteiger partial charge in [-0.3, -0.25) is 4.98 Å². The zero-order valence-corrected chi connectivity index (χ0v) is 11.9. The van der Waals surface area contributed by atoms with E-state index >= 15 is 0 Å². The molecule has 2 rings (SSSR count). The highest BCUT2D eigenvalue weighted by Gasteiger charge is 2.12. The zero-order chi connectivity index (χ0) is 13.7. The van der Waals surface area contributed by atoms with Gasteiger partial charge in [0.15, 0.2) is 0 Å². The maximum atomic E-state index is 4.21. The van der Waals surface area contributed by atoms with Gasteiger partial charge in [0.25, 0.3) is 0 Å². The van der Waals surface area contributed by atoms with Crippen molar-refractivity contribution in [3.63, 3.8) is 0 Å². The second-order valence-corrected chi connectivity index (χ2v) is 5.35. The van der Waals surface area contributed by atoms with Gasteiger partial charge in [0.05, 0.1) is 6.04 Å². The molecule has 0 amide bonds. The van der Waals surface area contributed by atoms with Crippen molar-refractivity contribution in [1.29, 1.82) is 0 Å². The number of hydrogen-bond acceptors (Lipinski definition) is 2. The predicted octanol–water partition coefficient (Wildman–Crippen LogP) is 3.59. The second-order valence-electron chi connectivity index (χ2n) is 5.35. The van der Waals surface area contributed by atoms with Crippen LogP contribution < -0.4 is 5.32 Å². The van der Waals surface area contributed by atoms with Gasteiger partial charge in [-0.25, -0.2) is 0 Å². The number of rotatable bonds is 5. The van der Waals surface area contributed by atoms with E-state index in [1.807, 2.05) is 25.5 Å².